The van der Waals surface area contributed by atoms with E-state index in [-0.39, 0.29) is 22.8 Å². The number of carbonyl (C=O) groups excluding carboxylic acids is 3. The largest absolute Gasteiger partial charge is 0.496 e. The number of hydrogen-bond donors (Lipinski definition) is 2. The second-order valence-electron chi connectivity index (χ2n) is 6.52. The summed E-state index contributed by atoms with van der Waals surface area (Å²) in [5.41, 5.74) is 1.35. The molecule has 0 saturated carbocycles. The number of hydrogen-bond acceptors (Lipinski definition) is 7. The Morgan fingerprint density at radius 2 is 1.87 bits per heavy atom. The Labute approximate surface area is 179 Å². The van der Waals surface area contributed by atoms with E-state index in [2.05, 4.69) is 5.32 Å². The molecule has 3 amide bonds. The molecule has 3 rings (SSSR count). The molecular weight excluding hydrogens is 426 g/mol. The highest BCUT2D eigenvalue weighted by Gasteiger charge is 2.31. The summed E-state index contributed by atoms with van der Waals surface area (Å²) in [6.07, 6.45) is 0.584. The average molecular weight is 447 g/mol. The van der Waals surface area contributed by atoms with E-state index in [1.807, 2.05) is 17.4 Å². The van der Waals surface area contributed by atoms with Crippen LogP contribution in [0.5, 0.6) is 5.75 Å². The highest BCUT2D eigenvalue weighted by molar-refractivity contribution is 7.92. The predicted octanol–water partition coefficient (Wildman–Crippen LogP) is 1.06. The van der Waals surface area contributed by atoms with Crippen LogP contribution in [0.15, 0.2) is 47.4 Å². The topological polar surface area (TPSA) is 131 Å². The number of methoxy groups -OCH3 is 1. The van der Waals surface area contributed by atoms with Gasteiger partial charge < -0.3 is 14.8 Å². The summed E-state index contributed by atoms with van der Waals surface area (Å²) < 4.78 is 37.8. The number of esters is 1. The van der Waals surface area contributed by atoms with Gasteiger partial charge in [-0.2, -0.15) is 0 Å². The number of urea groups is 1. The van der Waals surface area contributed by atoms with Gasteiger partial charge in [-0.25, -0.2) is 18.0 Å². The van der Waals surface area contributed by atoms with Crippen LogP contribution in [0.25, 0.3) is 0 Å². The van der Waals surface area contributed by atoms with Crippen LogP contribution in [0.3, 0.4) is 0 Å². The van der Waals surface area contributed by atoms with Gasteiger partial charge in [0.1, 0.15) is 11.3 Å². The number of fused-ring (bicyclic) bond motifs is 1. The maximum Gasteiger partial charge on any atom is 0.342 e. The molecular formula is C20H21N3O7S. The van der Waals surface area contributed by atoms with Crippen LogP contribution in [-0.4, -0.2) is 53.6 Å². The minimum atomic E-state index is -3.95. The fraction of sp³-hybridized carbons (Fsp3) is 0.250. The van der Waals surface area contributed by atoms with Gasteiger partial charge in [-0.15, -0.1) is 0 Å². The Balaban J connectivity index is 1.84. The van der Waals surface area contributed by atoms with Gasteiger partial charge in [0, 0.05) is 13.6 Å². The van der Waals surface area contributed by atoms with E-state index in [0.29, 0.717) is 12.1 Å². The summed E-state index contributed by atoms with van der Waals surface area (Å²) in [6, 6.07) is 10.3. The van der Waals surface area contributed by atoms with Crippen molar-refractivity contribution in [2.75, 3.05) is 31.6 Å². The zero-order valence-corrected chi connectivity index (χ0v) is 17.7. The molecule has 0 bridgehead atoms. The van der Waals surface area contributed by atoms with Gasteiger partial charge >= 0.3 is 12.0 Å². The quantitative estimate of drug-likeness (QED) is 0.633. The smallest absolute Gasteiger partial charge is 0.342 e. The third-order valence-electron chi connectivity index (χ3n) is 4.64. The minimum absolute atomic E-state index is 0.0810. The van der Waals surface area contributed by atoms with E-state index in [0.717, 1.165) is 11.6 Å². The molecule has 0 aromatic heterocycles. The normalized spacial score (nSPS) is 12.6. The molecule has 11 heteroatoms. The lowest BCUT2D eigenvalue weighted by Crippen LogP contribution is -2.39. The van der Waals surface area contributed by atoms with E-state index in [1.165, 1.54) is 30.6 Å². The van der Waals surface area contributed by atoms with Crippen molar-refractivity contribution >= 4 is 33.6 Å². The zero-order chi connectivity index (χ0) is 22.6. The van der Waals surface area contributed by atoms with Gasteiger partial charge in [0.25, 0.3) is 15.9 Å². The lowest BCUT2D eigenvalue weighted by molar-refractivity contribution is -0.123. The fourth-order valence-electron chi connectivity index (χ4n) is 3.13. The highest BCUT2D eigenvalue weighted by Crippen LogP contribution is 2.34. The van der Waals surface area contributed by atoms with Gasteiger partial charge in [0.15, 0.2) is 6.61 Å². The number of para-hydroxylation sites is 1. The first-order chi connectivity index (χ1) is 14.8. The Morgan fingerprint density at radius 1 is 1.13 bits per heavy atom. The van der Waals surface area contributed by atoms with Crippen LogP contribution >= 0.6 is 0 Å². The van der Waals surface area contributed by atoms with Crippen LogP contribution in [0.1, 0.15) is 15.9 Å². The maximum atomic E-state index is 13.2. The molecule has 1 aliphatic rings. The second kappa shape index (κ2) is 9.04. The molecule has 0 aliphatic carbocycles. The zero-order valence-electron chi connectivity index (χ0n) is 16.9. The second-order valence-corrected chi connectivity index (χ2v) is 8.38. The molecule has 0 fully saturated rings. The van der Waals surface area contributed by atoms with Crippen molar-refractivity contribution in [2.24, 2.45) is 0 Å². The first-order valence-electron chi connectivity index (χ1n) is 9.25. The molecule has 10 nitrogen and oxygen atoms in total. The lowest BCUT2D eigenvalue weighted by atomic mass is 10.2. The third kappa shape index (κ3) is 4.61. The van der Waals surface area contributed by atoms with Gasteiger partial charge in [-0.3, -0.25) is 14.4 Å². The highest BCUT2D eigenvalue weighted by atomic mass is 32.2. The van der Waals surface area contributed by atoms with Gasteiger partial charge in [-0.05, 0) is 36.2 Å². The van der Waals surface area contributed by atoms with Crippen LogP contribution < -0.4 is 19.7 Å². The summed E-state index contributed by atoms with van der Waals surface area (Å²) in [6.45, 7) is -0.445. The summed E-state index contributed by atoms with van der Waals surface area (Å²) in [5.74, 6) is -1.73. The first-order valence-corrected chi connectivity index (χ1v) is 10.7. The summed E-state index contributed by atoms with van der Waals surface area (Å²) in [5, 5.41) is 4.14. The Hall–Kier alpha value is -3.60. The standard InChI is InChI=1S/C20H21N3O7S/c1-21-20(26)22-18(24)12-30-19(25)15-11-14(7-8-17(15)29-2)31(27,28)23-10-9-13-5-3-4-6-16(13)23/h3-8,11H,9-10,12H2,1-2H3,(H2,21,22,24,26). The van der Waals surface area contributed by atoms with Crippen molar-refractivity contribution in [3.63, 3.8) is 0 Å². The molecule has 1 aliphatic heterocycles. The number of amides is 3. The molecule has 0 radical (unpaired) electrons. The van der Waals surface area contributed by atoms with E-state index in [1.54, 1.807) is 12.1 Å². The summed E-state index contributed by atoms with van der Waals surface area (Å²) in [7, 11) is -1.31. The molecule has 0 atom stereocenters. The molecule has 0 saturated heterocycles. The van der Waals surface area contributed by atoms with E-state index in [9.17, 15) is 22.8 Å². The van der Waals surface area contributed by atoms with Crippen molar-refractivity contribution in [1.29, 1.82) is 0 Å². The number of nitrogens with one attached hydrogen (secondary N) is 2. The Bertz CT molecular complexity index is 1130. The number of rotatable bonds is 6. The van der Waals surface area contributed by atoms with E-state index >= 15 is 0 Å². The SMILES string of the molecule is CNC(=O)NC(=O)COC(=O)c1cc(S(=O)(=O)N2CCc3ccccc32)ccc1OC. The summed E-state index contributed by atoms with van der Waals surface area (Å²) in [4.78, 5) is 35.1. The molecule has 1 heterocycles. The molecule has 164 valence electrons. The number of imide groups is 1. The fourth-order valence-corrected chi connectivity index (χ4v) is 4.66. The number of anilines is 1. The van der Waals surface area contributed by atoms with Crippen molar-refractivity contribution in [2.45, 2.75) is 11.3 Å². The van der Waals surface area contributed by atoms with Gasteiger partial charge in [0.05, 0.1) is 17.7 Å². The minimum Gasteiger partial charge on any atom is -0.496 e. The predicted molar refractivity (Wildman–Crippen MR) is 111 cm³/mol. The first kappa shape index (κ1) is 22.1. The molecule has 2 N–H and O–H groups in total. The van der Waals surface area contributed by atoms with E-state index < -0.39 is 34.5 Å². The Kier molecular flexibility index (Phi) is 6.44. The molecule has 0 unspecified atom stereocenters. The number of benzene rings is 2. The molecule has 31 heavy (non-hydrogen) atoms. The van der Waals surface area contributed by atoms with Crippen molar-refractivity contribution in [1.82, 2.24) is 10.6 Å². The van der Waals surface area contributed by atoms with Crippen molar-refractivity contribution in [3.05, 3.63) is 53.6 Å². The van der Waals surface area contributed by atoms with Crippen molar-refractivity contribution < 1.29 is 32.3 Å². The van der Waals surface area contributed by atoms with Gasteiger partial charge in [-0.1, -0.05) is 18.2 Å². The molecule has 2 aromatic rings. The van der Waals surface area contributed by atoms with E-state index in [4.69, 9.17) is 9.47 Å². The number of nitrogens with zero attached hydrogens (tertiary/aromatic N) is 1. The average Bonchev–Trinajstić information content (AvgIpc) is 3.22. The monoisotopic (exact) mass is 447 g/mol. The van der Waals surface area contributed by atoms with Crippen LogP contribution in [-0.2, 0) is 26.0 Å². The summed E-state index contributed by atoms with van der Waals surface area (Å²) >= 11 is 0. The lowest BCUT2D eigenvalue weighted by Gasteiger charge is -2.20. The number of sulfonamides is 1. The van der Waals surface area contributed by atoms with Crippen LogP contribution in [0.4, 0.5) is 10.5 Å². The third-order valence-corrected chi connectivity index (χ3v) is 6.45. The van der Waals surface area contributed by atoms with Crippen LogP contribution in [0, 0.1) is 0 Å². The molecule has 2 aromatic carbocycles. The maximum absolute atomic E-state index is 13.2. The number of ether oxygens (including phenoxy) is 2. The number of carbonyl (C=O) groups is 3. The van der Waals surface area contributed by atoms with Crippen LogP contribution in [0.2, 0.25) is 0 Å². The van der Waals surface area contributed by atoms with Crippen molar-refractivity contribution in [3.8, 4) is 5.75 Å². The molecule has 0 spiro atoms. The Morgan fingerprint density at radius 3 is 2.58 bits per heavy atom. The van der Waals surface area contributed by atoms with Gasteiger partial charge in [0.2, 0.25) is 0 Å².